The average Bonchev–Trinajstić information content (AvgIpc) is 2.62. The van der Waals surface area contributed by atoms with Crippen LogP contribution in [0, 0.1) is 19.8 Å². The van der Waals surface area contributed by atoms with Gasteiger partial charge in [0.2, 0.25) is 11.8 Å². The lowest BCUT2D eigenvalue weighted by Crippen LogP contribution is -2.55. The molecule has 0 fully saturated rings. The monoisotopic (exact) mass is 487 g/mol. The molecule has 0 radical (unpaired) electrons. The van der Waals surface area contributed by atoms with E-state index in [0.717, 1.165) is 11.1 Å². The van der Waals surface area contributed by atoms with Gasteiger partial charge in [0.1, 0.15) is 17.7 Å². The molecule has 2 N–H and O–H groups in total. The minimum Gasteiger partial charge on any atom is -0.444 e. The van der Waals surface area contributed by atoms with Crippen LogP contribution in [0.15, 0.2) is 30.9 Å². The summed E-state index contributed by atoms with van der Waals surface area (Å²) in [6.45, 7) is 22.8. The minimum absolute atomic E-state index is 0.118. The van der Waals surface area contributed by atoms with Crippen molar-refractivity contribution in [3.8, 4) is 0 Å². The number of amides is 3. The van der Waals surface area contributed by atoms with Crippen LogP contribution in [-0.4, -0.2) is 46.5 Å². The quantitative estimate of drug-likeness (QED) is 0.468. The van der Waals surface area contributed by atoms with E-state index in [2.05, 4.69) is 17.2 Å². The lowest BCUT2D eigenvalue weighted by molar-refractivity contribution is -0.142. The molecule has 0 bridgehead atoms. The summed E-state index contributed by atoms with van der Waals surface area (Å²) in [5.74, 6) is -0.538. The van der Waals surface area contributed by atoms with E-state index in [-0.39, 0.29) is 24.3 Å². The van der Waals surface area contributed by atoms with Crippen molar-refractivity contribution in [2.24, 2.45) is 5.92 Å². The Labute approximate surface area is 211 Å². The highest BCUT2D eigenvalue weighted by molar-refractivity contribution is 5.92. The molecule has 2 unspecified atom stereocenters. The first kappa shape index (κ1) is 30.2. The molecule has 1 aromatic carbocycles. The number of benzene rings is 1. The smallest absolute Gasteiger partial charge is 0.408 e. The fourth-order valence-electron chi connectivity index (χ4n) is 3.88. The summed E-state index contributed by atoms with van der Waals surface area (Å²) in [6.07, 6.45) is 1.32. The van der Waals surface area contributed by atoms with Crippen molar-refractivity contribution in [2.45, 2.75) is 98.9 Å². The summed E-state index contributed by atoms with van der Waals surface area (Å²) in [5, 5.41) is 5.76. The molecule has 1 aromatic rings. The molecule has 2 atom stereocenters. The molecular weight excluding hydrogens is 442 g/mol. The zero-order valence-electron chi connectivity index (χ0n) is 23.2. The predicted octanol–water partition coefficient (Wildman–Crippen LogP) is 5.21. The third-order valence-corrected chi connectivity index (χ3v) is 4.92. The number of aryl methyl sites for hydroxylation is 2. The van der Waals surface area contributed by atoms with Gasteiger partial charge in [-0.1, -0.05) is 49.2 Å². The van der Waals surface area contributed by atoms with Gasteiger partial charge in [-0.15, -0.1) is 6.58 Å². The van der Waals surface area contributed by atoms with Crippen LogP contribution in [0.4, 0.5) is 4.79 Å². The van der Waals surface area contributed by atoms with Crippen LogP contribution in [0.3, 0.4) is 0 Å². The summed E-state index contributed by atoms with van der Waals surface area (Å²) in [4.78, 5) is 41.6. The highest BCUT2D eigenvalue weighted by atomic mass is 16.6. The van der Waals surface area contributed by atoms with E-state index < -0.39 is 29.3 Å². The van der Waals surface area contributed by atoms with Gasteiger partial charge in [0.15, 0.2) is 0 Å². The van der Waals surface area contributed by atoms with Crippen LogP contribution >= 0.6 is 0 Å². The zero-order valence-corrected chi connectivity index (χ0v) is 23.2. The molecule has 0 aliphatic heterocycles. The minimum atomic E-state index is -0.895. The zero-order chi connectivity index (χ0) is 27.1. The van der Waals surface area contributed by atoms with Gasteiger partial charge >= 0.3 is 6.09 Å². The first-order valence-corrected chi connectivity index (χ1v) is 12.2. The van der Waals surface area contributed by atoms with Crippen molar-refractivity contribution in [3.05, 3.63) is 47.5 Å². The van der Waals surface area contributed by atoms with Crippen molar-refractivity contribution < 1.29 is 19.1 Å². The van der Waals surface area contributed by atoms with E-state index >= 15 is 0 Å². The van der Waals surface area contributed by atoms with Crippen LogP contribution in [0.25, 0.3) is 0 Å². The van der Waals surface area contributed by atoms with Gasteiger partial charge in [0.05, 0.1) is 0 Å². The van der Waals surface area contributed by atoms with Gasteiger partial charge in [0, 0.05) is 12.1 Å². The lowest BCUT2D eigenvalue weighted by Gasteiger charge is -2.36. The van der Waals surface area contributed by atoms with Crippen LogP contribution in [0.2, 0.25) is 0 Å². The van der Waals surface area contributed by atoms with E-state index in [0.29, 0.717) is 12.0 Å². The third kappa shape index (κ3) is 10.5. The first-order valence-electron chi connectivity index (χ1n) is 12.2. The highest BCUT2D eigenvalue weighted by Crippen LogP contribution is 2.26. The van der Waals surface area contributed by atoms with Crippen LogP contribution in [0.1, 0.15) is 84.5 Å². The SMILES string of the molecule is C=CCN(C(=O)C(CC(C)C)NC(=O)OC(C)(C)C)C(C(=O)NC(C)(C)C)c1cc(C)cc(C)c1. The second-order valence-electron chi connectivity index (χ2n) is 11.7. The van der Waals surface area contributed by atoms with Crippen molar-refractivity contribution in [1.29, 1.82) is 0 Å². The van der Waals surface area contributed by atoms with Crippen molar-refractivity contribution >= 4 is 17.9 Å². The maximum absolute atomic E-state index is 14.0. The first-order chi connectivity index (χ1) is 15.9. The number of alkyl carbamates (subject to hydrolysis) is 1. The van der Waals surface area contributed by atoms with Gasteiger partial charge in [-0.3, -0.25) is 9.59 Å². The molecule has 1 rings (SSSR count). The maximum Gasteiger partial charge on any atom is 0.408 e. The van der Waals surface area contributed by atoms with E-state index in [1.54, 1.807) is 26.8 Å². The van der Waals surface area contributed by atoms with Crippen LogP contribution < -0.4 is 10.6 Å². The standard InChI is InChI=1S/C28H45N3O4/c1-12-13-31(25(33)22(14-18(2)3)29-26(34)35-28(9,10)11)23(24(32)30-27(6,7)8)21-16-19(4)15-20(5)17-21/h12,15-18,22-23H,1,13-14H2,2-11H3,(H,29,34)(H,30,32). The summed E-state index contributed by atoms with van der Waals surface area (Å²) >= 11 is 0. The largest absolute Gasteiger partial charge is 0.444 e. The summed E-state index contributed by atoms with van der Waals surface area (Å²) in [7, 11) is 0. The molecule has 7 heteroatoms. The molecule has 3 amide bonds. The molecule has 0 spiro atoms. The molecule has 0 saturated heterocycles. The Hall–Kier alpha value is -2.83. The van der Waals surface area contributed by atoms with Gasteiger partial charge in [0.25, 0.3) is 0 Å². The Bertz CT molecular complexity index is 890. The van der Waals surface area contributed by atoms with Gasteiger partial charge in [-0.05, 0) is 73.3 Å². The van der Waals surface area contributed by atoms with Crippen LogP contribution in [0.5, 0.6) is 0 Å². The molecule has 196 valence electrons. The Balaban J connectivity index is 3.54. The Morgan fingerprint density at radius 2 is 1.57 bits per heavy atom. The number of nitrogens with one attached hydrogen (secondary N) is 2. The summed E-state index contributed by atoms with van der Waals surface area (Å²) in [5.41, 5.74) is 1.49. The molecule has 0 aromatic heterocycles. The summed E-state index contributed by atoms with van der Waals surface area (Å²) < 4.78 is 5.41. The number of hydrogen-bond donors (Lipinski definition) is 2. The number of nitrogens with zero attached hydrogens (tertiary/aromatic N) is 1. The average molecular weight is 488 g/mol. The third-order valence-electron chi connectivity index (χ3n) is 4.92. The van der Waals surface area contributed by atoms with Crippen LogP contribution in [-0.2, 0) is 14.3 Å². The number of carbonyl (C=O) groups excluding carboxylic acids is 3. The molecular formula is C28H45N3O4. The second kappa shape index (κ2) is 12.2. The Morgan fingerprint density at radius 3 is 2.00 bits per heavy atom. The molecule has 7 nitrogen and oxygen atoms in total. The van der Waals surface area contributed by atoms with Gasteiger partial charge in [-0.2, -0.15) is 0 Å². The van der Waals surface area contributed by atoms with E-state index in [1.807, 2.05) is 66.7 Å². The molecule has 35 heavy (non-hydrogen) atoms. The second-order valence-corrected chi connectivity index (χ2v) is 11.7. The number of carbonyl (C=O) groups is 3. The lowest BCUT2D eigenvalue weighted by atomic mass is 9.96. The summed E-state index contributed by atoms with van der Waals surface area (Å²) in [6, 6.07) is 4.10. The highest BCUT2D eigenvalue weighted by Gasteiger charge is 2.37. The van der Waals surface area contributed by atoms with Crippen molar-refractivity contribution in [1.82, 2.24) is 15.5 Å². The number of ether oxygens (including phenoxy) is 1. The normalized spacial score (nSPS) is 13.6. The van der Waals surface area contributed by atoms with Crippen molar-refractivity contribution in [3.63, 3.8) is 0 Å². The fraction of sp³-hybridized carbons (Fsp3) is 0.607. The molecule has 0 aliphatic rings. The van der Waals surface area contributed by atoms with Gasteiger partial charge < -0.3 is 20.3 Å². The number of rotatable bonds is 9. The van der Waals surface area contributed by atoms with E-state index in [1.165, 1.54) is 4.90 Å². The molecule has 0 heterocycles. The van der Waals surface area contributed by atoms with Gasteiger partial charge in [-0.25, -0.2) is 4.79 Å². The van der Waals surface area contributed by atoms with Crippen molar-refractivity contribution in [2.75, 3.05) is 6.54 Å². The maximum atomic E-state index is 14.0. The fourth-order valence-corrected chi connectivity index (χ4v) is 3.88. The molecule has 0 aliphatic carbocycles. The van der Waals surface area contributed by atoms with E-state index in [9.17, 15) is 14.4 Å². The molecule has 0 saturated carbocycles. The predicted molar refractivity (Wildman–Crippen MR) is 141 cm³/mol. The van der Waals surface area contributed by atoms with E-state index in [4.69, 9.17) is 4.74 Å². The Kier molecular flexibility index (Phi) is 10.6. The Morgan fingerprint density at radius 1 is 1.03 bits per heavy atom. The number of hydrogen-bond acceptors (Lipinski definition) is 4. The topological polar surface area (TPSA) is 87.7 Å².